The smallest absolute Gasteiger partial charge is 0.0907 e. The number of ether oxygens (including phenoxy) is 1. The maximum atomic E-state index is 6.29. The van der Waals surface area contributed by atoms with E-state index in [0.717, 1.165) is 11.2 Å². The van der Waals surface area contributed by atoms with Crippen LogP contribution in [0.25, 0.3) is 10.9 Å². The highest BCUT2D eigenvalue weighted by Gasteiger charge is 2.39. The normalized spacial score (nSPS) is 19.1. The van der Waals surface area contributed by atoms with Crippen LogP contribution in [0.15, 0.2) is 24.3 Å². The number of fused-ring (bicyclic) bond motifs is 1. The van der Waals surface area contributed by atoms with Crippen LogP contribution in [0.4, 0.5) is 0 Å². The third-order valence-electron chi connectivity index (χ3n) is 3.11. The molecule has 0 aliphatic carbocycles. The summed E-state index contributed by atoms with van der Waals surface area (Å²) in [7, 11) is 0. The first kappa shape index (κ1) is 8.95. The Morgan fingerprint density at radius 2 is 2.07 bits per heavy atom. The molecule has 0 bridgehead atoms. The van der Waals surface area contributed by atoms with Gasteiger partial charge in [-0.15, -0.1) is 0 Å². The number of rotatable bonds is 1. The molecule has 1 fully saturated rings. The number of benzene rings is 1. The molecule has 3 rings (SSSR count). The van der Waals surface area contributed by atoms with Crippen molar-refractivity contribution in [2.24, 2.45) is 5.73 Å². The molecule has 3 N–H and O–H groups in total. The van der Waals surface area contributed by atoms with E-state index in [2.05, 4.69) is 24.0 Å². The molecule has 2 heterocycles. The minimum absolute atomic E-state index is 0.288. The second-order valence-electron chi connectivity index (χ2n) is 4.32. The number of hydrogen-bond acceptors (Lipinski definition) is 2. The van der Waals surface area contributed by atoms with Crippen molar-refractivity contribution in [1.82, 2.24) is 4.98 Å². The maximum absolute atomic E-state index is 6.29. The zero-order valence-corrected chi connectivity index (χ0v) is 8.71. The fourth-order valence-electron chi connectivity index (χ4n) is 2.38. The lowest BCUT2D eigenvalue weighted by Crippen LogP contribution is -2.54. The van der Waals surface area contributed by atoms with Crippen molar-refractivity contribution >= 4 is 10.9 Å². The maximum Gasteiger partial charge on any atom is 0.0907 e. The Labute approximate surface area is 88.2 Å². The van der Waals surface area contributed by atoms with Gasteiger partial charge in [0.25, 0.3) is 0 Å². The number of nitrogens with one attached hydrogen (secondary N) is 1. The molecule has 0 radical (unpaired) electrons. The molecule has 1 aromatic carbocycles. The third-order valence-corrected chi connectivity index (χ3v) is 3.11. The molecule has 0 spiro atoms. The van der Waals surface area contributed by atoms with Gasteiger partial charge in [0.15, 0.2) is 0 Å². The summed E-state index contributed by atoms with van der Waals surface area (Å²) in [5.41, 5.74) is 9.52. The monoisotopic (exact) mass is 202 g/mol. The lowest BCUT2D eigenvalue weighted by Gasteiger charge is -2.38. The molecule has 3 heteroatoms. The fraction of sp³-hybridized carbons (Fsp3) is 0.333. The first-order valence-corrected chi connectivity index (χ1v) is 5.15. The first-order valence-electron chi connectivity index (χ1n) is 5.15. The van der Waals surface area contributed by atoms with Gasteiger partial charge in [0, 0.05) is 22.2 Å². The summed E-state index contributed by atoms with van der Waals surface area (Å²) in [6, 6.07) is 8.26. The van der Waals surface area contributed by atoms with E-state index in [1.807, 2.05) is 12.1 Å². The van der Waals surface area contributed by atoms with E-state index in [4.69, 9.17) is 10.5 Å². The summed E-state index contributed by atoms with van der Waals surface area (Å²) in [5, 5.41) is 1.22. The molecule has 1 aliphatic rings. The van der Waals surface area contributed by atoms with Gasteiger partial charge in [-0.25, -0.2) is 0 Å². The highest BCUT2D eigenvalue weighted by atomic mass is 16.5. The van der Waals surface area contributed by atoms with Crippen LogP contribution in [0.1, 0.15) is 11.3 Å². The summed E-state index contributed by atoms with van der Waals surface area (Å²) in [5.74, 6) is 0. The molecule has 0 saturated carbocycles. The number of aromatic nitrogens is 1. The van der Waals surface area contributed by atoms with Gasteiger partial charge in [-0.1, -0.05) is 18.2 Å². The molecule has 1 saturated heterocycles. The molecule has 0 amide bonds. The molecule has 15 heavy (non-hydrogen) atoms. The number of aryl methyl sites for hydroxylation is 1. The summed E-state index contributed by atoms with van der Waals surface area (Å²) in [4.78, 5) is 3.37. The summed E-state index contributed by atoms with van der Waals surface area (Å²) in [6.45, 7) is 3.31. The largest absolute Gasteiger partial charge is 0.377 e. The van der Waals surface area contributed by atoms with Crippen LogP contribution in [0.3, 0.4) is 0 Å². The van der Waals surface area contributed by atoms with Crippen molar-refractivity contribution in [2.75, 3.05) is 13.2 Å². The molecule has 2 aromatic rings. The van der Waals surface area contributed by atoms with E-state index >= 15 is 0 Å². The number of H-pyrrole nitrogens is 1. The Morgan fingerprint density at radius 3 is 2.73 bits per heavy atom. The van der Waals surface area contributed by atoms with Gasteiger partial charge in [-0.2, -0.15) is 0 Å². The molecule has 0 atom stereocenters. The summed E-state index contributed by atoms with van der Waals surface area (Å²) >= 11 is 0. The van der Waals surface area contributed by atoms with Crippen molar-refractivity contribution in [3.8, 4) is 0 Å². The lowest BCUT2D eigenvalue weighted by molar-refractivity contribution is -0.0564. The molecule has 1 aliphatic heterocycles. The lowest BCUT2D eigenvalue weighted by atomic mass is 9.87. The molecular weight excluding hydrogens is 188 g/mol. The number of hydrogen-bond donors (Lipinski definition) is 2. The highest BCUT2D eigenvalue weighted by Crippen LogP contribution is 2.34. The van der Waals surface area contributed by atoms with Crippen LogP contribution in [-0.4, -0.2) is 18.2 Å². The van der Waals surface area contributed by atoms with E-state index < -0.39 is 0 Å². The van der Waals surface area contributed by atoms with Crippen molar-refractivity contribution in [3.05, 3.63) is 35.5 Å². The van der Waals surface area contributed by atoms with E-state index in [-0.39, 0.29) is 5.54 Å². The standard InChI is InChI=1S/C12H14N2O/c1-8-11(12(13)6-15-7-12)9-4-2-3-5-10(9)14-8/h2-5,14H,6-7,13H2,1H3. The highest BCUT2D eigenvalue weighted by molar-refractivity contribution is 5.85. The van der Waals surface area contributed by atoms with Gasteiger partial charge < -0.3 is 15.5 Å². The quantitative estimate of drug-likeness (QED) is 0.739. The zero-order chi connectivity index (χ0) is 10.5. The van der Waals surface area contributed by atoms with Gasteiger partial charge in [0.2, 0.25) is 0 Å². The summed E-state index contributed by atoms with van der Waals surface area (Å²) in [6.07, 6.45) is 0. The SMILES string of the molecule is Cc1[nH]c2ccccc2c1C1(N)COC1. The van der Waals surface area contributed by atoms with Crippen LogP contribution >= 0.6 is 0 Å². The summed E-state index contributed by atoms with van der Waals surface area (Å²) < 4.78 is 5.23. The van der Waals surface area contributed by atoms with Crippen LogP contribution in [0.5, 0.6) is 0 Å². The predicted molar refractivity (Wildman–Crippen MR) is 59.7 cm³/mol. The van der Waals surface area contributed by atoms with Crippen molar-refractivity contribution in [3.63, 3.8) is 0 Å². The molecular formula is C12H14N2O. The van der Waals surface area contributed by atoms with E-state index in [0.29, 0.717) is 13.2 Å². The van der Waals surface area contributed by atoms with Crippen LogP contribution in [0.2, 0.25) is 0 Å². The Hall–Kier alpha value is -1.32. The Bertz CT molecular complexity index is 511. The first-order chi connectivity index (χ1) is 7.21. The average Bonchev–Trinajstić information content (AvgIpc) is 2.51. The number of para-hydroxylation sites is 1. The molecule has 1 aromatic heterocycles. The Morgan fingerprint density at radius 1 is 1.33 bits per heavy atom. The Kier molecular flexibility index (Phi) is 1.69. The minimum Gasteiger partial charge on any atom is -0.377 e. The topological polar surface area (TPSA) is 51.0 Å². The van der Waals surface area contributed by atoms with Crippen LogP contribution in [-0.2, 0) is 10.3 Å². The minimum atomic E-state index is -0.288. The zero-order valence-electron chi connectivity index (χ0n) is 8.71. The van der Waals surface area contributed by atoms with Crippen molar-refractivity contribution in [2.45, 2.75) is 12.5 Å². The van der Waals surface area contributed by atoms with E-state index in [9.17, 15) is 0 Å². The third kappa shape index (κ3) is 1.14. The van der Waals surface area contributed by atoms with Gasteiger partial charge in [0.1, 0.15) is 0 Å². The van der Waals surface area contributed by atoms with E-state index in [1.54, 1.807) is 0 Å². The van der Waals surface area contributed by atoms with Gasteiger partial charge >= 0.3 is 0 Å². The van der Waals surface area contributed by atoms with Gasteiger partial charge in [-0.3, -0.25) is 0 Å². The Balaban J connectivity index is 2.29. The number of nitrogens with two attached hydrogens (primary N) is 1. The van der Waals surface area contributed by atoms with Crippen LogP contribution < -0.4 is 5.73 Å². The van der Waals surface area contributed by atoms with Gasteiger partial charge in [0.05, 0.1) is 18.8 Å². The van der Waals surface area contributed by atoms with E-state index in [1.165, 1.54) is 10.9 Å². The fourth-order valence-corrected chi connectivity index (χ4v) is 2.38. The average molecular weight is 202 g/mol. The second-order valence-corrected chi connectivity index (χ2v) is 4.32. The molecule has 0 unspecified atom stereocenters. The van der Waals surface area contributed by atoms with Crippen molar-refractivity contribution in [1.29, 1.82) is 0 Å². The predicted octanol–water partition coefficient (Wildman–Crippen LogP) is 1.66. The second kappa shape index (κ2) is 2.84. The molecule has 3 nitrogen and oxygen atoms in total. The van der Waals surface area contributed by atoms with Gasteiger partial charge in [-0.05, 0) is 13.0 Å². The van der Waals surface area contributed by atoms with Crippen molar-refractivity contribution < 1.29 is 4.74 Å². The van der Waals surface area contributed by atoms with Crippen LogP contribution in [0, 0.1) is 6.92 Å². The molecule has 78 valence electrons. The number of aromatic amines is 1.